The van der Waals surface area contributed by atoms with Crippen LogP contribution in [0.15, 0.2) is 121 Å². The Labute approximate surface area is 175 Å². The van der Waals surface area contributed by atoms with Crippen LogP contribution in [0.25, 0.3) is 21.9 Å². The minimum atomic E-state index is -0.571. The summed E-state index contributed by atoms with van der Waals surface area (Å²) < 4.78 is 0. The van der Waals surface area contributed by atoms with Crippen molar-refractivity contribution in [2.75, 3.05) is 0 Å². The molecule has 0 radical (unpaired) electrons. The van der Waals surface area contributed by atoms with Crippen LogP contribution in [-0.2, 0) is 0 Å². The summed E-state index contributed by atoms with van der Waals surface area (Å²) in [6.45, 7) is 4.23. The number of fused-ring (bicyclic) bond motifs is 1. The number of hydrogen-bond acceptors (Lipinski definition) is 0. The van der Waals surface area contributed by atoms with Gasteiger partial charge in [0.05, 0.1) is 0 Å². The Kier molecular flexibility index (Phi) is 6.03. The summed E-state index contributed by atoms with van der Waals surface area (Å²) in [6, 6.07) is 35.2. The molecular formula is C28H25P. The van der Waals surface area contributed by atoms with Crippen LogP contribution in [0.5, 0.6) is 0 Å². The molecule has 0 aliphatic carbocycles. The van der Waals surface area contributed by atoms with Crippen molar-refractivity contribution in [3.63, 3.8) is 0 Å². The molecule has 4 rings (SSSR count). The highest BCUT2D eigenvalue weighted by Gasteiger charge is 2.17. The summed E-state index contributed by atoms with van der Waals surface area (Å²) in [5.41, 5.74) is 2.52. The molecule has 0 aliphatic rings. The van der Waals surface area contributed by atoms with Gasteiger partial charge in [0.25, 0.3) is 0 Å². The average molecular weight is 392 g/mol. The van der Waals surface area contributed by atoms with Crippen molar-refractivity contribution >= 4 is 29.3 Å². The fourth-order valence-corrected chi connectivity index (χ4v) is 6.09. The molecule has 1 atom stereocenters. The van der Waals surface area contributed by atoms with Crippen LogP contribution < -0.4 is 10.6 Å². The van der Waals surface area contributed by atoms with E-state index in [1.54, 1.807) is 0 Å². The zero-order valence-corrected chi connectivity index (χ0v) is 17.8. The van der Waals surface area contributed by atoms with Crippen molar-refractivity contribution in [3.05, 3.63) is 121 Å². The topological polar surface area (TPSA) is 0 Å². The minimum absolute atomic E-state index is 0.571. The Morgan fingerprint density at radius 1 is 0.621 bits per heavy atom. The Morgan fingerprint density at radius 2 is 1.28 bits per heavy atom. The lowest BCUT2D eigenvalue weighted by atomic mass is 10.0. The first-order chi connectivity index (χ1) is 14.3. The van der Waals surface area contributed by atoms with E-state index in [0.29, 0.717) is 0 Å². The monoisotopic (exact) mass is 392 g/mol. The first-order valence-electron chi connectivity index (χ1n) is 10.0. The first kappa shape index (κ1) is 19.4. The van der Waals surface area contributed by atoms with Crippen LogP contribution in [0.1, 0.15) is 13.8 Å². The molecule has 4 aromatic rings. The predicted octanol–water partition coefficient (Wildman–Crippen LogP) is 7.42. The van der Waals surface area contributed by atoms with Gasteiger partial charge in [-0.25, -0.2) is 0 Å². The molecule has 0 spiro atoms. The van der Waals surface area contributed by atoms with E-state index in [1.807, 2.05) is 0 Å². The third kappa shape index (κ3) is 4.24. The van der Waals surface area contributed by atoms with E-state index in [4.69, 9.17) is 0 Å². The smallest absolute Gasteiger partial charge is 0.0138 e. The van der Waals surface area contributed by atoms with E-state index in [0.717, 1.165) is 0 Å². The van der Waals surface area contributed by atoms with Gasteiger partial charge in [0.1, 0.15) is 0 Å². The van der Waals surface area contributed by atoms with Crippen LogP contribution in [0, 0.1) is 0 Å². The van der Waals surface area contributed by atoms with Crippen molar-refractivity contribution in [2.45, 2.75) is 13.8 Å². The van der Waals surface area contributed by atoms with Crippen molar-refractivity contribution in [1.82, 2.24) is 0 Å². The lowest BCUT2D eigenvalue weighted by Crippen LogP contribution is -2.12. The summed E-state index contributed by atoms with van der Waals surface area (Å²) >= 11 is 0. The van der Waals surface area contributed by atoms with Crippen LogP contribution in [-0.4, -0.2) is 0 Å². The highest BCUT2D eigenvalue weighted by Crippen LogP contribution is 2.44. The SMILES string of the molecule is C/C=C\C(=C/C)P(c1ccccc1)c1ccc2cc(-c3ccccc3)ccc2c1. The minimum Gasteiger partial charge on any atom is -0.0870 e. The molecule has 0 aliphatic heterocycles. The van der Waals surface area contributed by atoms with Crippen molar-refractivity contribution in [1.29, 1.82) is 0 Å². The van der Waals surface area contributed by atoms with Gasteiger partial charge >= 0.3 is 0 Å². The molecule has 1 unspecified atom stereocenters. The van der Waals surface area contributed by atoms with Gasteiger partial charge in [-0.1, -0.05) is 103 Å². The molecule has 0 amide bonds. The Balaban J connectivity index is 1.80. The number of allylic oxidation sites excluding steroid dienone is 4. The molecule has 1 heteroatoms. The van der Waals surface area contributed by atoms with Crippen LogP contribution in [0.4, 0.5) is 0 Å². The second-order valence-electron chi connectivity index (χ2n) is 7.00. The Hall–Kier alpha value is -2.95. The maximum atomic E-state index is 2.37. The van der Waals surface area contributed by atoms with E-state index < -0.39 is 7.92 Å². The van der Waals surface area contributed by atoms with Gasteiger partial charge < -0.3 is 0 Å². The van der Waals surface area contributed by atoms with E-state index in [2.05, 4.69) is 129 Å². The van der Waals surface area contributed by atoms with E-state index in [9.17, 15) is 0 Å². The zero-order chi connectivity index (χ0) is 20.1. The molecule has 0 aromatic heterocycles. The van der Waals surface area contributed by atoms with Gasteiger partial charge in [-0.2, -0.15) is 0 Å². The van der Waals surface area contributed by atoms with Crippen molar-refractivity contribution in [2.24, 2.45) is 0 Å². The maximum Gasteiger partial charge on any atom is -0.0138 e. The van der Waals surface area contributed by atoms with Gasteiger partial charge in [0, 0.05) is 0 Å². The second-order valence-corrected chi connectivity index (χ2v) is 9.22. The van der Waals surface area contributed by atoms with Crippen LogP contribution >= 0.6 is 7.92 Å². The molecule has 0 saturated carbocycles. The van der Waals surface area contributed by atoms with Gasteiger partial charge in [0.15, 0.2) is 0 Å². The number of benzene rings is 4. The molecule has 0 heterocycles. The maximum absolute atomic E-state index is 2.37. The quantitative estimate of drug-likeness (QED) is 0.245. The third-order valence-electron chi connectivity index (χ3n) is 5.09. The summed E-state index contributed by atoms with van der Waals surface area (Å²) in [6.07, 6.45) is 6.64. The predicted molar refractivity (Wildman–Crippen MR) is 131 cm³/mol. The Bertz CT molecular complexity index is 1150. The van der Waals surface area contributed by atoms with Crippen molar-refractivity contribution < 1.29 is 0 Å². The molecule has 0 saturated heterocycles. The molecule has 4 aromatic carbocycles. The summed E-state index contributed by atoms with van der Waals surface area (Å²) in [4.78, 5) is 0. The largest absolute Gasteiger partial charge is 0.0870 e. The van der Waals surface area contributed by atoms with Gasteiger partial charge in [0.2, 0.25) is 0 Å². The zero-order valence-electron chi connectivity index (χ0n) is 16.9. The van der Waals surface area contributed by atoms with Gasteiger partial charge in [-0.15, -0.1) is 0 Å². The molecule has 0 nitrogen and oxygen atoms in total. The van der Waals surface area contributed by atoms with Crippen LogP contribution in [0.2, 0.25) is 0 Å². The summed E-state index contributed by atoms with van der Waals surface area (Å²) in [5, 5.41) is 6.73. The number of hydrogen-bond donors (Lipinski definition) is 0. The number of rotatable bonds is 5. The van der Waals surface area contributed by atoms with Gasteiger partial charge in [-0.05, 0) is 71.7 Å². The second kappa shape index (κ2) is 9.03. The normalized spacial score (nSPS) is 13.1. The van der Waals surface area contributed by atoms with Crippen molar-refractivity contribution in [3.8, 4) is 11.1 Å². The molecule has 142 valence electrons. The Morgan fingerprint density at radius 3 is 1.97 bits per heavy atom. The first-order valence-corrected chi connectivity index (χ1v) is 11.4. The fourth-order valence-electron chi connectivity index (χ4n) is 3.68. The molecule has 0 bridgehead atoms. The summed E-state index contributed by atoms with van der Waals surface area (Å²) in [7, 11) is -0.571. The highest BCUT2D eigenvalue weighted by atomic mass is 31.1. The lowest BCUT2D eigenvalue weighted by Gasteiger charge is -2.21. The lowest BCUT2D eigenvalue weighted by molar-refractivity contribution is 1.64. The molecular weight excluding hydrogens is 367 g/mol. The summed E-state index contributed by atoms with van der Waals surface area (Å²) in [5.74, 6) is 0. The van der Waals surface area contributed by atoms with E-state index >= 15 is 0 Å². The van der Waals surface area contributed by atoms with Gasteiger partial charge in [-0.3, -0.25) is 0 Å². The third-order valence-corrected chi connectivity index (χ3v) is 7.63. The van der Waals surface area contributed by atoms with Crippen LogP contribution in [0.3, 0.4) is 0 Å². The molecule has 0 N–H and O–H groups in total. The molecule has 0 fully saturated rings. The van der Waals surface area contributed by atoms with E-state index in [1.165, 1.54) is 37.8 Å². The standard InChI is InChI=1S/C28H25P/c1-3-11-26(4-2)29(27-14-9-6-10-15-27)28-19-18-24-20-23(16-17-25(24)21-28)22-12-7-5-8-13-22/h3-21H,1-2H3/b11-3-,26-4+. The average Bonchev–Trinajstić information content (AvgIpc) is 2.79. The molecule has 29 heavy (non-hydrogen) atoms. The fraction of sp³-hybridized carbons (Fsp3) is 0.0714. The highest BCUT2D eigenvalue weighted by molar-refractivity contribution is 7.77. The van der Waals surface area contributed by atoms with E-state index in [-0.39, 0.29) is 0 Å².